The number of carbonyl (C=O) groups is 4. The van der Waals surface area contributed by atoms with E-state index < -0.39 is 23.8 Å². The molecule has 4 heterocycles. The molecule has 3 aliphatic heterocycles. The average molecular weight is 462 g/mol. The molecule has 2 saturated heterocycles. The zero-order valence-electron chi connectivity index (χ0n) is 18.8. The fourth-order valence-corrected chi connectivity index (χ4v) is 5.12. The van der Waals surface area contributed by atoms with E-state index in [0.29, 0.717) is 30.3 Å². The Balaban J connectivity index is 1.44. The van der Waals surface area contributed by atoms with Gasteiger partial charge in [0.2, 0.25) is 11.8 Å². The van der Waals surface area contributed by atoms with Crippen LogP contribution in [0.4, 0.5) is 0 Å². The summed E-state index contributed by atoms with van der Waals surface area (Å²) in [5.41, 5.74) is 2.38. The van der Waals surface area contributed by atoms with Gasteiger partial charge in [0, 0.05) is 31.7 Å². The maximum Gasteiger partial charge on any atom is 0.262 e. The van der Waals surface area contributed by atoms with Crippen LogP contribution in [-0.4, -0.2) is 63.6 Å². The normalized spacial score (nSPS) is 21.2. The first-order chi connectivity index (χ1) is 16.5. The summed E-state index contributed by atoms with van der Waals surface area (Å²) in [6.07, 6.45) is 3.99. The molecule has 1 unspecified atom stereocenters. The van der Waals surface area contributed by atoms with Crippen molar-refractivity contribution < 1.29 is 19.2 Å². The highest BCUT2D eigenvalue weighted by Gasteiger charge is 2.45. The van der Waals surface area contributed by atoms with Crippen molar-refractivity contribution in [3.05, 3.63) is 65.0 Å². The lowest BCUT2D eigenvalue weighted by Gasteiger charge is -2.35. The highest BCUT2D eigenvalue weighted by atomic mass is 16.2. The number of pyridine rings is 1. The molecule has 0 aliphatic carbocycles. The third kappa shape index (κ3) is 4.24. The summed E-state index contributed by atoms with van der Waals surface area (Å²) in [4.78, 5) is 58.4. The number of amides is 4. The molecule has 0 radical (unpaired) electrons. The van der Waals surface area contributed by atoms with Gasteiger partial charge in [0.15, 0.2) is 0 Å². The van der Waals surface area contributed by atoms with Crippen LogP contribution in [-0.2, 0) is 22.7 Å². The van der Waals surface area contributed by atoms with Gasteiger partial charge in [0.1, 0.15) is 6.04 Å². The Kier molecular flexibility index (Phi) is 6.21. The summed E-state index contributed by atoms with van der Waals surface area (Å²) in [7, 11) is 0. The molecule has 2 fully saturated rings. The Morgan fingerprint density at radius 1 is 0.941 bits per heavy atom. The van der Waals surface area contributed by atoms with Gasteiger partial charge in [-0.15, -0.1) is 0 Å². The topological polar surface area (TPSA) is 112 Å². The van der Waals surface area contributed by atoms with Crippen molar-refractivity contribution in [1.29, 1.82) is 0 Å². The van der Waals surface area contributed by atoms with Crippen molar-refractivity contribution in [3.63, 3.8) is 0 Å². The summed E-state index contributed by atoms with van der Waals surface area (Å²) >= 11 is 0. The van der Waals surface area contributed by atoms with Gasteiger partial charge >= 0.3 is 0 Å². The van der Waals surface area contributed by atoms with E-state index in [-0.39, 0.29) is 18.7 Å². The van der Waals surface area contributed by atoms with Crippen molar-refractivity contribution in [2.75, 3.05) is 13.1 Å². The van der Waals surface area contributed by atoms with E-state index in [1.54, 1.807) is 18.3 Å². The number of hydrogen-bond donors (Lipinski definition) is 2. The zero-order valence-corrected chi connectivity index (χ0v) is 18.8. The van der Waals surface area contributed by atoms with Crippen LogP contribution < -0.4 is 10.6 Å². The summed E-state index contributed by atoms with van der Waals surface area (Å²) in [5, 5.41) is 5.64. The predicted molar refractivity (Wildman–Crippen MR) is 122 cm³/mol. The van der Waals surface area contributed by atoms with Gasteiger partial charge in [0.05, 0.1) is 16.8 Å². The lowest BCUT2D eigenvalue weighted by atomic mass is 9.99. The van der Waals surface area contributed by atoms with Crippen molar-refractivity contribution >= 4 is 23.6 Å². The van der Waals surface area contributed by atoms with Crippen LogP contribution in [0.1, 0.15) is 57.7 Å². The average Bonchev–Trinajstić information content (AvgIpc) is 3.11. The second kappa shape index (κ2) is 9.44. The van der Waals surface area contributed by atoms with E-state index in [9.17, 15) is 19.2 Å². The Hall–Kier alpha value is -3.43. The minimum atomic E-state index is -0.966. The monoisotopic (exact) mass is 461 g/mol. The van der Waals surface area contributed by atoms with Crippen LogP contribution in [0.15, 0.2) is 42.6 Å². The van der Waals surface area contributed by atoms with Crippen LogP contribution >= 0.6 is 0 Å². The Bertz CT molecular complexity index is 1130. The quantitative estimate of drug-likeness (QED) is 0.623. The molecule has 9 heteroatoms. The number of hydrogen-bond acceptors (Lipinski definition) is 7. The summed E-state index contributed by atoms with van der Waals surface area (Å²) < 4.78 is 0. The highest BCUT2D eigenvalue weighted by Crippen LogP contribution is 2.31. The largest absolute Gasteiger partial charge is 0.317 e. The standard InChI is InChI=1S/C25H27N5O4/c31-21-8-7-20(23(32)28-21)30-24(33)19-6-3-4-16(22(19)25(30)34)14-29(18-9-12-26-13-10-18)15-17-5-1-2-11-27-17/h1-6,11,18,20,26H,7-10,12-15H2,(H,28,31,32). The molecule has 1 atom stereocenters. The minimum Gasteiger partial charge on any atom is -0.317 e. The molecule has 2 N–H and O–H groups in total. The molecule has 0 spiro atoms. The first-order valence-corrected chi connectivity index (χ1v) is 11.7. The Morgan fingerprint density at radius 3 is 2.50 bits per heavy atom. The number of benzene rings is 1. The molecule has 34 heavy (non-hydrogen) atoms. The molecule has 176 valence electrons. The maximum absolute atomic E-state index is 13.5. The molecule has 0 bridgehead atoms. The molecule has 4 amide bonds. The third-order valence-corrected chi connectivity index (χ3v) is 6.84. The minimum absolute atomic E-state index is 0.101. The maximum atomic E-state index is 13.5. The van der Waals surface area contributed by atoms with E-state index in [0.717, 1.165) is 42.1 Å². The third-order valence-electron chi connectivity index (χ3n) is 6.84. The summed E-state index contributed by atoms with van der Waals surface area (Å²) in [5.74, 6) is -1.92. The van der Waals surface area contributed by atoms with Crippen molar-refractivity contribution in [2.45, 2.75) is 50.9 Å². The van der Waals surface area contributed by atoms with Gasteiger partial charge in [-0.2, -0.15) is 0 Å². The molecule has 3 aliphatic rings. The summed E-state index contributed by atoms with van der Waals surface area (Å²) in [6.45, 7) is 2.98. The molecular formula is C25H27N5O4. The lowest BCUT2D eigenvalue weighted by Crippen LogP contribution is -2.54. The number of imide groups is 2. The van der Waals surface area contributed by atoms with Crippen LogP contribution in [0.2, 0.25) is 0 Å². The van der Waals surface area contributed by atoms with E-state index in [4.69, 9.17) is 0 Å². The second-order valence-corrected chi connectivity index (χ2v) is 8.99. The second-order valence-electron chi connectivity index (χ2n) is 8.99. The fourth-order valence-electron chi connectivity index (χ4n) is 5.12. The van der Waals surface area contributed by atoms with E-state index >= 15 is 0 Å². The van der Waals surface area contributed by atoms with Crippen LogP contribution in [0.25, 0.3) is 0 Å². The van der Waals surface area contributed by atoms with Gasteiger partial charge in [0.25, 0.3) is 11.8 Å². The molecule has 1 aromatic carbocycles. The zero-order chi connectivity index (χ0) is 23.7. The van der Waals surface area contributed by atoms with E-state index in [1.165, 1.54) is 0 Å². The van der Waals surface area contributed by atoms with E-state index in [1.807, 2.05) is 24.3 Å². The SMILES string of the molecule is O=C1CCC(N2C(=O)c3cccc(CN(Cc4ccccn4)C4CCNCC4)c3C2=O)C(=O)N1. The first-order valence-electron chi connectivity index (χ1n) is 11.7. The van der Waals surface area contributed by atoms with Crippen molar-refractivity contribution in [2.24, 2.45) is 0 Å². The number of nitrogens with one attached hydrogen (secondary N) is 2. The fraction of sp³-hybridized carbons (Fsp3) is 0.400. The van der Waals surface area contributed by atoms with Gasteiger partial charge < -0.3 is 5.32 Å². The van der Waals surface area contributed by atoms with Crippen LogP contribution in [0.3, 0.4) is 0 Å². The van der Waals surface area contributed by atoms with Crippen LogP contribution in [0.5, 0.6) is 0 Å². The van der Waals surface area contributed by atoms with Gasteiger partial charge in [-0.1, -0.05) is 18.2 Å². The number of nitrogens with zero attached hydrogens (tertiary/aromatic N) is 3. The molecule has 1 aromatic heterocycles. The Morgan fingerprint density at radius 2 is 1.76 bits per heavy atom. The van der Waals surface area contributed by atoms with E-state index in [2.05, 4.69) is 20.5 Å². The highest BCUT2D eigenvalue weighted by molar-refractivity contribution is 6.24. The molecular weight excluding hydrogens is 434 g/mol. The number of fused-ring (bicyclic) bond motifs is 1. The number of carbonyl (C=O) groups excluding carboxylic acids is 4. The molecule has 2 aromatic rings. The molecule has 9 nitrogen and oxygen atoms in total. The number of piperidine rings is 2. The Labute approximate surface area is 197 Å². The summed E-state index contributed by atoms with van der Waals surface area (Å²) in [6, 6.07) is 10.5. The van der Waals surface area contributed by atoms with Crippen LogP contribution in [0, 0.1) is 0 Å². The number of aromatic nitrogens is 1. The predicted octanol–water partition coefficient (Wildman–Crippen LogP) is 1.24. The van der Waals surface area contributed by atoms with Gasteiger partial charge in [-0.25, -0.2) is 0 Å². The van der Waals surface area contributed by atoms with Crippen molar-refractivity contribution in [1.82, 2.24) is 25.4 Å². The smallest absolute Gasteiger partial charge is 0.262 e. The van der Waals surface area contributed by atoms with Gasteiger partial charge in [-0.05, 0) is 56.1 Å². The van der Waals surface area contributed by atoms with Gasteiger partial charge in [-0.3, -0.25) is 39.3 Å². The first kappa shape index (κ1) is 22.4. The number of rotatable bonds is 6. The molecule has 5 rings (SSSR count). The van der Waals surface area contributed by atoms with Crippen molar-refractivity contribution in [3.8, 4) is 0 Å². The lowest BCUT2D eigenvalue weighted by molar-refractivity contribution is -0.136. The molecule has 0 saturated carbocycles.